The SMILES string of the molecule is CCCCc1nc(C#N)c(C#N)n1Cc1ccc(N)cc1. The van der Waals surface area contributed by atoms with E-state index in [2.05, 4.69) is 18.0 Å². The highest BCUT2D eigenvalue weighted by atomic mass is 15.1. The zero-order valence-electron chi connectivity index (χ0n) is 12.0. The molecule has 5 nitrogen and oxygen atoms in total. The Morgan fingerprint density at radius 1 is 1.19 bits per heavy atom. The topological polar surface area (TPSA) is 91.4 Å². The fraction of sp³-hybridized carbons (Fsp3) is 0.312. The summed E-state index contributed by atoms with van der Waals surface area (Å²) in [6.07, 6.45) is 2.79. The van der Waals surface area contributed by atoms with Gasteiger partial charge >= 0.3 is 0 Å². The molecule has 5 heteroatoms. The highest BCUT2D eigenvalue weighted by Gasteiger charge is 2.16. The quantitative estimate of drug-likeness (QED) is 0.851. The molecule has 0 bridgehead atoms. The number of nitrogens with zero attached hydrogens (tertiary/aromatic N) is 4. The van der Waals surface area contributed by atoms with Gasteiger partial charge in [0.15, 0.2) is 11.4 Å². The van der Waals surface area contributed by atoms with Crippen molar-refractivity contribution in [3.8, 4) is 12.1 Å². The van der Waals surface area contributed by atoms with Gasteiger partial charge in [-0.1, -0.05) is 25.5 Å². The number of benzene rings is 1. The molecule has 0 aliphatic rings. The highest BCUT2D eigenvalue weighted by Crippen LogP contribution is 2.16. The molecule has 0 atom stereocenters. The van der Waals surface area contributed by atoms with Gasteiger partial charge in [0.2, 0.25) is 0 Å². The molecule has 0 unspecified atom stereocenters. The van der Waals surface area contributed by atoms with Crippen LogP contribution in [0.1, 0.15) is 42.5 Å². The van der Waals surface area contributed by atoms with Gasteiger partial charge < -0.3 is 10.3 Å². The number of aromatic nitrogens is 2. The molecule has 1 heterocycles. The molecule has 0 aliphatic carbocycles. The largest absolute Gasteiger partial charge is 0.399 e. The van der Waals surface area contributed by atoms with Gasteiger partial charge in [0.1, 0.15) is 18.0 Å². The Hall–Kier alpha value is -2.79. The summed E-state index contributed by atoms with van der Waals surface area (Å²) in [4.78, 5) is 4.31. The van der Waals surface area contributed by atoms with Gasteiger partial charge in [0.05, 0.1) is 6.54 Å². The van der Waals surface area contributed by atoms with Crippen LogP contribution in [0.3, 0.4) is 0 Å². The maximum absolute atomic E-state index is 9.31. The van der Waals surface area contributed by atoms with E-state index in [-0.39, 0.29) is 5.69 Å². The second kappa shape index (κ2) is 6.58. The summed E-state index contributed by atoms with van der Waals surface area (Å²) in [5.41, 5.74) is 7.95. The van der Waals surface area contributed by atoms with E-state index >= 15 is 0 Å². The number of nitriles is 2. The number of nitrogens with two attached hydrogens (primary N) is 1. The first-order chi connectivity index (χ1) is 10.2. The lowest BCUT2D eigenvalue weighted by Crippen LogP contribution is -2.07. The zero-order valence-corrected chi connectivity index (χ0v) is 12.0. The Morgan fingerprint density at radius 3 is 2.48 bits per heavy atom. The standard InChI is InChI=1S/C16H17N5/c1-2-3-4-16-20-14(9-17)15(10-18)21(16)11-12-5-7-13(19)8-6-12/h5-8H,2-4,11,19H2,1H3. The molecule has 0 saturated heterocycles. The van der Waals surface area contributed by atoms with Gasteiger partial charge in [-0.15, -0.1) is 0 Å². The highest BCUT2D eigenvalue weighted by molar-refractivity contribution is 5.41. The van der Waals surface area contributed by atoms with Crippen LogP contribution in [-0.2, 0) is 13.0 Å². The number of anilines is 1. The monoisotopic (exact) mass is 279 g/mol. The average Bonchev–Trinajstić information content (AvgIpc) is 2.84. The van der Waals surface area contributed by atoms with E-state index in [1.54, 1.807) is 0 Å². The van der Waals surface area contributed by atoms with Gasteiger partial charge in [-0.25, -0.2) is 4.98 Å². The molecule has 21 heavy (non-hydrogen) atoms. The van der Waals surface area contributed by atoms with Gasteiger partial charge in [0.25, 0.3) is 0 Å². The van der Waals surface area contributed by atoms with E-state index in [0.717, 1.165) is 30.7 Å². The fourth-order valence-corrected chi connectivity index (χ4v) is 2.19. The molecule has 1 aromatic heterocycles. The molecule has 0 radical (unpaired) electrons. The van der Waals surface area contributed by atoms with Crippen molar-refractivity contribution in [2.75, 3.05) is 5.73 Å². The van der Waals surface area contributed by atoms with Crippen LogP contribution < -0.4 is 5.73 Å². The zero-order chi connectivity index (χ0) is 15.2. The molecule has 106 valence electrons. The first-order valence-electron chi connectivity index (χ1n) is 6.93. The van der Waals surface area contributed by atoms with Crippen molar-refractivity contribution in [1.82, 2.24) is 9.55 Å². The lowest BCUT2D eigenvalue weighted by atomic mass is 10.2. The summed E-state index contributed by atoms with van der Waals surface area (Å²) < 4.78 is 1.83. The molecule has 0 fully saturated rings. The van der Waals surface area contributed by atoms with Crippen LogP contribution in [0.25, 0.3) is 0 Å². The van der Waals surface area contributed by atoms with Crippen molar-refractivity contribution in [3.05, 3.63) is 47.0 Å². The minimum atomic E-state index is 0.207. The van der Waals surface area contributed by atoms with Crippen LogP contribution in [-0.4, -0.2) is 9.55 Å². The number of imidazole rings is 1. The number of rotatable bonds is 5. The van der Waals surface area contributed by atoms with Crippen molar-refractivity contribution in [1.29, 1.82) is 10.5 Å². The fourth-order valence-electron chi connectivity index (χ4n) is 2.19. The maximum atomic E-state index is 9.31. The molecule has 0 saturated carbocycles. The van der Waals surface area contributed by atoms with Crippen LogP contribution in [0.15, 0.2) is 24.3 Å². The van der Waals surface area contributed by atoms with Crippen LogP contribution in [0, 0.1) is 22.7 Å². The first-order valence-corrected chi connectivity index (χ1v) is 6.93. The Kier molecular flexibility index (Phi) is 4.58. The van der Waals surface area contributed by atoms with Gasteiger partial charge in [-0.3, -0.25) is 0 Å². The smallest absolute Gasteiger partial charge is 0.177 e. The number of hydrogen-bond donors (Lipinski definition) is 1. The summed E-state index contributed by atoms with van der Waals surface area (Å²) in [5.74, 6) is 0.793. The lowest BCUT2D eigenvalue weighted by Gasteiger charge is -2.09. The molecule has 2 N–H and O–H groups in total. The third-order valence-electron chi connectivity index (χ3n) is 3.33. The summed E-state index contributed by atoms with van der Waals surface area (Å²) in [7, 11) is 0. The van der Waals surface area contributed by atoms with E-state index in [4.69, 9.17) is 11.0 Å². The maximum Gasteiger partial charge on any atom is 0.177 e. The Morgan fingerprint density at radius 2 is 1.90 bits per heavy atom. The minimum Gasteiger partial charge on any atom is -0.399 e. The van der Waals surface area contributed by atoms with E-state index in [0.29, 0.717) is 17.9 Å². The minimum absolute atomic E-state index is 0.207. The Balaban J connectivity index is 2.40. The normalized spacial score (nSPS) is 10.0. The van der Waals surface area contributed by atoms with E-state index < -0.39 is 0 Å². The predicted octanol–water partition coefficient (Wildman–Crippen LogP) is 2.60. The average molecular weight is 279 g/mol. The van der Waals surface area contributed by atoms with Crippen molar-refractivity contribution in [2.45, 2.75) is 32.7 Å². The van der Waals surface area contributed by atoms with Crippen LogP contribution in [0.4, 0.5) is 5.69 Å². The van der Waals surface area contributed by atoms with Crippen LogP contribution >= 0.6 is 0 Å². The van der Waals surface area contributed by atoms with Crippen molar-refractivity contribution in [3.63, 3.8) is 0 Å². The second-order valence-electron chi connectivity index (χ2n) is 4.88. The van der Waals surface area contributed by atoms with Crippen molar-refractivity contribution in [2.24, 2.45) is 0 Å². The number of aryl methyl sites for hydroxylation is 1. The van der Waals surface area contributed by atoms with Gasteiger partial charge in [0, 0.05) is 12.1 Å². The summed E-state index contributed by atoms with van der Waals surface area (Å²) >= 11 is 0. The third kappa shape index (κ3) is 3.21. The number of nitrogen functional groups attached to an aromatic ring is 1. The number of unbranched alkanes of at least 4 members (excludes halogenated alkanes) is 1. The molecule has 0 amide bonds. The summed E-state index contributed by atoms with van der Waals surface area (Å²) in [5, 5.41) is 18.4. The van der Waals surface area contributed by atoms with Gasteiger partial charge in [-0.2, -0.15) is 10.5 Å². The van der Waals surface area contributed by atoms with E-state index in [1.807, 2.05) is 34.9 Å². The molecule has 0 spiro atoms. The molecular formula is C16H17N5. The molecule has 2 rings (SSSR count). The number of hydrogen-bond acceptors (Lipinski definition) is 4. The van der Waals surface area contributed by atoms with Crippen LogP contribution in [0.2, 0.25) is 0 Å². The van der Waals surface area contributed by atoms with Gasteiger partial charge in [-0.05, 0) is 24.1 Å². The summed E-state index contributed by atoms with van der Waals surface area (Å²) in [6, 6.07) is 11.6. The van der Waals surface area contributed by atoms with Crippen LogP contribution in [0.5, 0.6) is 0 Å². The van der Waals surface area contributed by atoms with E-state index in [9.17, 15) is 5.26 Å². The molecule has 0 aliphatic heterocycles. The molecule has 1 aromatic carbocycles. The van der Waals surface area contributed by atoms with Crippen molar-refractivity contribution >= 4 is 5.69 Å². The predicted molar refractivity (Wildman–Crippen MR) is 80.2 cm³/mol. The first kappa shape index (κ1) is 14.6. The second-order valence-corrected chi connectivity index (χ2v) is 4.88. The third-order valence-corrected chi connectivity index (χ3v) is 3.33. The Bertz CT molecular complexity index is 698. The molecule has 2 aromatic rings. The Labute approximate surface area is 124 Å². The summed E-state index contributed by atoms with van der Waals surface area (Å²) in [6.45, 7) is 2.63. The van der Waals surface area contributed by atoms with Crippen molar-refractivity contribution < 1.29 is 0 Å². The van der Waals surface area contributed by atoms with E-state index in [1.165, 1.54) is 0 Å². The lowest BCUT2D eigenvalue weighted by molar-refractivity contribution is 0.673. The molecular weight excluding hydrogens is 262 g/mol.